The molecule has 0 fully saturated rings. The van der Waals surface area contributed by atoms with E-state index in [1.165, 1.54) is 15.4 Å². The number of amidine groups is 1. The van der Waals surface area contributed by atoms with Gasteiger partial charge in [0.25, 0.3) is 0 Å². The first-order valence-corrected chi connectivity index (χ1v) is 8.86. The fourth-order valence-electron chi connectivity index (χ4n) is 3.01. The Kier molecular flexibility index (Phi) is 3.78. The molecule has 2 atom stereocenters. The van der Waals surface area contributed by atoms with Gasteiger partial charge in [-0.15, -0.1) is 11.3 Å². The molecule has 6 heteroatoms. The second-order valence-corrected chi connectivity index (χ2v) is 7.12. The minimum Gasteiger partial charge on any atom is -0.394 e. The van der Waals surface area contributed by atoms with E-state index in [-0.39, 0.29) is 18.8 Å². The third-order valence-electron chi connectivity index (χ3n) is 4.22. The van der Waals surface area contributed by atoms with E-state index < -0.39 is 0 Å². The molecule has 24 heavy (non-hydrogen) atoms. The summed E-state index contributed by atoms with van der Waals surface area (Å²) < 4.78 is 0. The second kappa shape index (κ2) is 5.96. The lowest BCUT2D eigenvalue weighted by atomic mass is 10.2. The van der Waals surface area contributed by atoms with Crippen LogP contribution < -0.4 is 15.5 Å². The van der Waals surface area contributed by atoms with E-state index in [0.29, 0.717) is 0 Å². The number of allylic oxidation sites excluding steroid dienone is 1. The van der Waals surface area contributed by atoms with Gasteiger partial charge >= 0.3 is 0 Å². The van der Waals surface area contributed by atoms with Crippen molar-refractivity contribution in [2.75, 3.05) is 16.8 Å². The number of benzene rings is 1. The molecule has 4 rings (SSSR count). The van der Waals surface area contributed by atoms with Crippen molar-refractivity contribution in [2.24, 2.45) is 4.99 Å². The third-order valence-corrected chi connectivity index (χ3v) is 5.41. The van der Waals surface area contributed by atoms with E-state index in [1.54, 1.807) is 11.3 Å². The highest BCUT2D eigenvalue weighted by Crippen LogP contribution is 2.46. The Labute approximate surface area is 145 Å². The Morgan fingerprint density at radius 2 is 2.12 bits per heavy atom. The lowest BCUT2D eigenvalue weighted by Gasteiger charge is -2.34. The van der Waals surface area contributed by atoms with E-state index in [0.717, 1.165) is 17.2 Å². The fraction of sp³-hybridized carbons (Fsp3) is 0.278. The van der Waals surface area contributed by atoms with E-state index in [9.17, 15) is 5.11 Å². The van der Waals surface area contributed by atoms with Crippen LogP contribution in [-0.2, 0) is 0 Å². The number of rotatable bonds is 3. The third kappa shape index (κ3) is 2.48. The van der Waals surface area contributed by atoms with Crippen molar-refractivity contribution < 1.29 is 5.11 Å². The highest BCUT2D eigenvalue weighted by Gasteiger charge is 2.37. The number of aliphatic hydroxyl groups is 1. The van der Waals surface area contributed by atoms with Gasteiger partial charge in [0.1, 0.15) is 10.8 Å². The molecule has 3 heterocycles. The van der Waals surface area contributed by atoms with Gasteiger partial charge in [-0.2, -0.15) is 0 Å². The molecule has 0 spiro atoms. The summed E-state index contributed by atoms with van der Waals surface area (Å²) in [5.41, 5.74) is 3.44. The first-order chi connectivity index (χ1) is 11.7. The van der Waals surface area contributed by atoms with E-state index in [2.05, 4.69) is 57.8 Å². The fourth-order valence-corrected chi connectivity index (χ4v) is 4.21. The van der Waals surface area contributed by atoms with Gasteiger partial charge in [-0.05, 0) is 25.5 Å². The van der Waals surface area contributed by atoms with E-state index >= 15 is 0 Å². The molecular formula is C18H20N4OS. The zero-order valence-corrected chi connectivity index (χ0v) is 14.5. The summed E-state index contributed by atoms with van der Waals surface area (Å²) in [6.07, 6.45) is 1.98. The van der Waals surface area contributed by atoms with Crippen molar-refractivity contribution in [3.05, 3.63) is 48.3 Å². The van der Waals surface area contributed by atoms with Gasteiger partial charge in [-0.3, -0.25) is 4.99 Å². The maximum Gasteiger partial charge on any atom is 0.163 e. The largest absolute Gasteiger partial charge is 0.394 e. The van der Waals surface area contributed by atoms with Crippen molar-refractivity contribution in [1.82, 2.24) is 5.32 Å². The highest BCUT2D eigenvalue weighted by molar-refractivity contribution is 7.20. The summed E-state index contributed by atoms with van der Waals surface area (Å²) in [6, 6.07) is 12.4. The molecule has 1 aromatic heterocycles. The quantitative estimate of drug-likeness (QED) is 0.803. The molecule has 124 valence electrons. The molecular weight excluding hydrogens is 320 g/mol. The summed E-state index contributed by atoms with van der Waals surface area (Å²) in [6.45, 7) is 4.04. The average molecular weight is 340 g/mol. The summed E-state index contributed by atoms with van der Waals surface area (Å²) >= 11 is 1.77. The van der Waals surface area contributed by atoms with Crippen LogP contribution in [-0.4, -0.2) is 29.8 Å². The van der Waals surface area contributed by atoms with Gasteiger partial charge in [0.2, 0.25) is 0 Å². The number of aliphatic imine (C=N–C) groups is 1. The topological polar surface area (TPSA) is 59.9 Å². The predicted octanol–water partition coefficient (Wildman–Crippen LogP) is 3.22. The summed E-state index contributed by atoms with van der Waals surface area (Å²) in [5.74, 6) is 0.842. The standard InChI is InChI=1S/C18H20N4OS/c1-11(10-23)20-16-17-19-9-12(2)22(17)18-14(21-16)8-15(24-18)13-6-4-3-5-7-13/h3-9,11,17,19,23H,10H2,1-2H3,(H,20,21). The Hall–Kier alpha value is -2.31. The zero-order valence-electron chi connectivity index (χ0n) is 13.7. The molecule has 0 bridgehead atoms. The minimum atomic E-state index is -0.133. The predicted molar refractivity (Wildman–Crippen MR) is 101 cm³/mol. The molecule has 2 aliphatic heterocycles. The highest BCUT2D eigenvalue weighted by atomic mass is 32.1. The van der Waals surface area contributed by atoms with Crippen molar-refractivity contribution in [3.63, 3.8) is 0 Å². The molecule has 0 aliphatic carbocycles. The van der Waals surface area contributed by atoms with Crippen LogP contribution in [0.5, 0.6) is 0 Å². The average Bonchev–Trinajstić information content (AvgIpc) is 3.19. The van der Waals surface area contributed by atoms with Gasteiger partial charge in [0.15, 0.2) is 6.17 Å². The van der Waals surface area contributed by atoms with Crippen LogP contribution in [0.3, 0.4) is 0 Å². The Bertz CT molecular complexity index is 812. The van der Waals surface area contributed by atoms with Crippen LogP contribution in [0.2, 0.25) is 0 Å². The minimum absolute atomic E-state index is 0.0335. The molecule has 1 aromatic carbocycles. The molecule has 0 saturated carbocycles. The van der Waals surface area contributed by atoms with Gasteiger partial charge in [-0.25, -0.2) is 0 Å². The SMILES string of the molecule is CC1=CNC2C(=NC(C)CO)Nc3cc(-c4ccccc4)sc3N12. The number of nitrogens with zero attached hydrogens (tertiary/aromatic N) is 2. The molecule has 2 aromatic rings. The molecule has 0 radical (unpaired) electrons. The van der Waals surface area contributed by atoms with Crippen molar-refractivity contribution in [3.8, 4) is 10.4 Å². The molecule has 2 unspecified atom stereocenters. The molecule has 0 saturated heterocycles. The van der Waals surface area contributed by atoms with Crippen molar-refractivity contribution >= 4 is 27.9 Å². The summed E-state index contributed by atoms with van der Waals surface area (Å²) in [5, 5.41) is 17.3. The lowest BCUT2D eigenvalue weighted by Crippen LogP contribution is -2.50. The van der Waals surface area contributed by atoms with Crippen molar-refractivity contribution in [2.45, 2.75) is 26.1 Å². The van der Waals surface area contributed by atoms with Gasteiger partial charge in [0, 0.05) is 16.8 Å². The van der Waals surface area contributed by atoms with E-state index in [1.807, 2.05) is 19.2 Å². The zero-order chi connectivity index (χ0) is 16.7. The van der Waals surface area contributed by atoms with Crippen LogP contribution >= 0.6 is 11.3 Å². The van der Waals surface area contributed by atoms with Crippen LogP contribution in [0.4, 0.5) is 10.7 Å². The molecule has 0 amide bonds. The lowest BCUT2D eigenvalue weighted by molar-refractivity contribution is 0.274. The maximum atomic E-state index is 9.33. The number of anilines is 2. The molecule has 5 nitrogen and oxygen atoms in total. The molecule has 2 aliphatic rings. The van der Waals surface area contributed by atoms with Crippen LogP contribution in [0.25, 0.3) is 10.4 Å². The Morgan fingerprint density at radius 1 is 1.33 bits per heavy atom. The van der Waals surface area contributed by atoms with Gasteiger partial charge in [0.05, 0.1) is 18.3 Å². The number of hydrogen-bond donors (Lipinski definition) is 3. The maximum absolute atomic E-state index is 9.33. The van der Waals surface area contributed by atoms with Crippen LogP contribution in [0.1, 0.15) is 13.8 Å². The van der Waals surface area contributed by atoms with Gasteiger partial charge in [-0.1, -0.05) is 30.3 Å². The summed E-state index contributed by atoms with van der Waals surface area (Å²) in [4.78, 5) is 8.13. The smallest absolute Gasteiger partial charge is 0.163 e. The normalized spacial score (nSPS) is 21.6. The first-order valence-electron chi connectivity index (χ1n) is 8.04. The van der Waals surface area contributed by atoms with Crippen LogP contribution in [0.15, 0.2) is 53.3 Å². The summed E-state index contributed by atoms with van der Waals surface area (Å²) in [7, 11) is 0. The monoisotopic (exact) mass is 340 g/mol. The number of thiophene rings is 1. The second-order valence-electron chi connectivity index (χ2n) is 6.09. The van der Waals surface area contributed by atoms with Gasteiger partial charge < -0.3 is 20.6 Å². The van der Waals surface area contributed by atoms with Crippen molar-refractivity contribution in [1.29, 1.82) is 0 Å². The first kappa shape index (κ1) is 15.2. The molecule has 3 N–H and O–H groups in total. The van der Waals surface area contributed by atoms with E-state index in [4.69, 9.17) is 0 Å². The number of aliphatic hydroxyl groups excluding tert-OH is 1. The van der Waals surface area contributed by atoms with Crippen LogP contribution in [0, 0.1) is 0 Å². The number of hydrogen-bond acceptors (Lipinski definition) is 5. The Morgan fingerprint density at radius 3 is 2.88 bits per heavy atom. The Balaban J connectivity index is 1.77. The number of fused-ring (bicyclic) bond motifs is 3. The number of nitrogens with one attached hydrogen (secondary N) is 2.